The van der Waals surface area contributed by atoms with Crippen molar-refractivity contribution in [1.29, 1.82) is 0 Å². The fourth-order valence-electron chi connectivity index (χ4n) is 3.64. The Morgan fingerprint density at radius 3 is 2.11 bits per heavy atom. The van der Waals surface area contributed by atoms with Crippen LogP contribution in [0.15, 0.2) is 96.0 Å². The first-order valence-corrected chi connectivity index (χ1v) is 12.3. The molecule has 0 radical (unpaired) electrons. The van der Waals surface area contributed by atoms with Gasteiger partial charge in [-0.1, -0.05) is 53.0 Å². The molecule has 1 heterocycles. The van der Waals surface area contributed by atoms with E-state index in [1.807, 2.05) is 71.5 Å². The summed E-state index contributed by atoms with van der Waals surface area (Å²) in [5.74, 6) is -0.236. The molecule has 0 fully saturated rings. The average molecular weight is 491 g/mol. The summed E-state index contributed by atoms with van der Waals surface area (Å²) in [5.41, 5.74) is 3.93. The maximum Gasteiger partial charge on any atom is 0.264 e. The van der Waals surface area contributed by atoms with Gasteiger partial charge in [-0.05, 0) is 36.4 Å². The number of hydrogen-bond acceptors (Lipinski definition) is 5. The van der Waals surface area contributed by atoms with Crippen LogP contribution in [0.5, 0.6) is 0 Å². The smallest absolute Gasteiger partial charge is 0.264 e. The Balaban J connectivity index is 1.60. The predicted molar refractivity (Wildman–Crippen MR) is 133 cm³/mol. The quantitative estimate of drug-likeness (QED) is 0.349. The van der Waals surface area contributed by atoms with Crippen molar-refractivity contribution >= 4 is 15.9 Å². The zero-order chi connectivity index (χ0) is 25.0. The molecule has 0 atom stereocenters. The standard InChI is InChI=1S/C26H26N4O4S/c1-28(26(31)21-14-16-24(17-15-21)35(32,33)29(2)34-3)18-22-19-30(23-12-8-5-9-13-23)27-25(22)20-10-6-4-7-11-20/h4-17,19H,18H2,1-3H3. The van der Waals surface area contributed by atoms with E-state index in [0.717, 1.165) is 27.0 Å². The van der Waals surface area contributed by atoms with Crippen LogP contribution in [0.4, 0.5) is 0 Å². The number of rotatable bonds is 8. The summed E-state index contributed by atoms with van der Waals surface area (Å²) < 4.78 is 27.4. The van der Waals surface area contributed by atoms with E-state index in [-0.39, 0.29) is 10.8 Å². The van der Waals surface area contributed by atoms with E-state index in [1.165, 1.54) is 38.4 Å². The lowest BCUT2D eigenvalue weighted by atomic mass is 10.1. The second-order valence-corrected chi connectivity index (χ2v) is 9.87. The molecule has 0 spiro atoms. The number of hydrogen-bond donors (Lipinski definition) is 0. The van der Waals surface area contributed by atoms with E-state index in [1.54, 1.807) is 11.9 Å². The number of amides is 1. The van der Waals surface area contributed by atoms with Crippen molar-refractivity contribution in [2.45, 2.75) is 11.4 Å². The lowest BCUT2D eigenvalue weighted by Crippen LogP contribution is -2.27. The molecule has 0 saturated heterocycles. The summed E-state index contributed by atoms with van der Waals surface area (Å²) in [5, 5.41) is 4.79. The van der Waals surface area contributed by atoms with Crippen LogP contribution in [-0.4, -0.2) is 54.7 Å². The topological polar surface area (TPSA) is 84.7 Å². The van der Waals surface area contributed by atoms with Crippen molar-refractivity contribution in [2.24, 2.45) is 0 Å². The van der Waals surface area contributed by atoms with E-state index < -0.39 is 10.0 Å². The molecule has 0 unspecified atom stereocenters. The first kappa shape index (κ1) is 24.3. The maximum atomic E-state index is 13.1. The molecule has 0 aliphatic carbocycles. The summed E-state index contributed by atoms with van der Waals surface area (Å²) >= 11 is 0. The zero-order valence-corrected chi connectivity index (χ0v) is 20.5. The van der Waals surface area contributed by atoms with Crippen LogP contribution in [0.2, 0.25) is 0 Å². The normalized spacial score (nSPS) is 11.5. The fourth-order valence-corrected chi connectivity index (χ4v) is 4.61. The molecule has 0 saturated carbocycles. The lowest BCUT2D eigenvalue weighted by Gasteiger charge is -2.18. The van der Waals surface area contributed by atoms with Crippen LogP contribution in [0.1, 0.15) is 15.9 Å². The molecule has 1 aromatic heterocycles. The van der Waals surface area contributed by atoms with Gasteiger partial charge in [-0.2, -0.15) is 5.10 Å². The van der Waals surface area contributed by atoms with Crippen LogP contribution >= 0.6 is 0 Å². The Bertz CT molecular complexity index is 1400. The number of sulfonamides is 1. The van der Waals surface area contributed by atoms with Crippen LogP contribution < -0.4 is 0 Å². The SMILES string of the molecule is CON(C)S(=O)(=O)c1ccc(C(=O)N(C)Cc2cn(-c3ccccc3)nc2-c2ccccc2)cc1. The van der Waals surface area contributed by atoms with Crippen molar-refractivity contribution in [3.05, 3.63) is 102 Å². The minimum atomic E-state index is -3.78. The van der Waals surface area contributed by atoms with Gasteiger partial charge in [0, 0.05) is 43.5 Å². The molecule has 9 heteroatoms. The monoisotopic (exact) mass is 490 g/mol. The molecule has 0 bridgehead atoms. The summed E-state index contributed by atoms with van der Waals surface area (Å²) in [7, 11) is 0.503. The molecular formula is C26H26N4O4S. The second-order valence-electron chi connectivity index (χ2n) is 7.93. The molecule has 3 aromatic carbocycles. The van der Waals surface area contributed by atoms with E-state index in [2.05, 4.69) is 0 Å². The summed E-state index contributed by atoms with van der Waals surface area (Å²) in [6.07, 6.45) is 1.93. The van der Waals surface area contributed by atoms with Crippen molar-refractivity contribution < 1.29 is 18.0 Å². The van der Waals surface area contributed by atoms with Gasteiger partial charge in [0.15, 0.2) is 0 Å². The minimum Gasteiger partial charge on any atom is -0.337 e. The van der Waals surface area contributed by atoms with Gasteiger partial charge in [0.25, 0.3) is 15.9 Å². The molecule has 0 aliphatic rings. The van der Waals surface area contributed by atoms with Gasteiger partial charge in [0.2, 0.25) is 0 Å². The van der Waals surface area contributed by atoms with Crippen LogP contribution in [0, 0.1) is 0 Å². The Morgan fingerprint density at radius 1 is 0.914 bits per heavy atom. The highest BCUT2D eigenvalue weighted by Crippen LogP contribution is 2.25. The number of nitrogens with zero attached hydrogens (tertiary/aromatic N) is 4. The summed E-state index contributed by atoms with van der Waals surface area (Å²) in [4.78, 5) is 19.6. The third kappa shape index (κ3) is 5.17. The Morgan fingerprint density at radius 2 is 1.51 bits per heavy atom. The number of aromatic nitrogens is 2. The minimum absolute atomic E-state index is 0.0385. The van der Waals surface area contributed by atoms with Crippen molar-refractivity contribution in [3.8, 4) is 16.9 Å². The molecule has 4 rings (SSSR count). The zero-order valence-electron chi connectivity index (χ0n) is 19.7. The van der Waals surface area contributed by atoms with E-state index in [0.29, 0.717) is 12.1 Å². The van der Waals surface area contributed by atoms with E-state index in [4.69, 9.17) is 9.94 Å². The van der Waals surface area contributed by atoms with Crippen molar-refractivity contribution in [1.82, 2.24) is 19.1 Å². The van der Waals surface area contributed by atoms with Gasteiger partial charge in [-0.15, -0.1) is 0 Å². The van der Waals surface area contributed by atoms with Gasteiger partial charge in [0.05, 0.1) is 23.4 Å². The van der Waals surface area contributed by atoms with Gasteiger partial charge in [-0.25, -0.2) is 13.1 Å². The molecule has 1 amide bonds. The highest BCUT2D eigenvalue weighted by atomic mass is 32.2. The van der Waals surface area contributed by atoms with Gasteiger partial charge in [0.1, 0.15) is 0 Å². The fraction of sp³-hybridized carbons (Fsp3) is 0.154. The third-order valence-corrected chi connectivity index (χ3v) is 7.30. The molecule has 0 N–H and O–H groups in total. The largest absolute Gasteiger partial charge is 0.337 e. The predicted octanol–water partition coefficient (Wildman–Crippen LogP) is 3.99. The summed E-state index contributed by atoms with van der Waals surface area (Å²) in [6.45, 7) is 0.322. The number of carbonyl (C=O) groups excluding carboxylic acids is 1. The number of benzene rings is 3. The Hall–Kier alpha value is -3.79. The molecule has 180 valence electrons. The third-order valence-electron chi connectivity index (χ3n) is 5.61. The molecule has 0 aliphatic heterocycles. The Labute approximate surface area is 205 Å². The van der Waals surface area contributed by atoms with Crippen molar-refractivity contribution in [3.63, 3.8) is 0 Å². The van der Waals surface area contributed by atoms with Crippen LogP contribution in [0.3, 0.4) is 0 Å². The lowest BCUT2D eigenvalue weighted by molar-refractivity contribution is -0.0258. The van der Waals surface area contributed by atoms with Gasteiger partial charge >= 0.3 is 0 Å². The average Bonchev–Trinajstić information content (AvgIpc) is 3.32. The summed E-state index contributed by atoms with van der Waals surface area (Å²) in [6, 6.07) is 25.4. The van der Waals surface area contributed by atoms with Gasteiger partial charge in [-0.3, -0.25) is 9.63 Å². The second kappa shape index (κ2) is 10.2. The van der Waals surface area contributed by atoms with Crippen molar-refractivity contribution in [2.75, 3.05) is 21.2 Å². The highest BCUT2D eigenvalue weighted by molar-refractivity contribution is 7.89. The molecular weight excluding hydrogens is 464 g/mol. The van der Waals surface area contributed by atoms with E-state index in [9.17, 15) is 13.2 Å². The molecule has 4 aromatic rings. The van der Waals surface area contributed by atoms with Crippen LogP contribution in [0.25, 0.3) is 16.9 Å². The number of para-hydroxylation sites is 1. The van der Waals surface area contributed by atoms with E-state index >= 15 is 0 Å². The molecule has 8 nitrogen and oxygen atoms in total. The maximum absolute atomic E-state index is 13.1. The number of hydroxylamine groups is 1. The van der Waals surface area contributed by atoms with Gasteiger partial charge < -0.3 is 4.90 Å². The first-order valence-electron chi connectivity index (χ1n) is 10.9. The number of carbonyl (C=O) groups is 1. The first-order chi connectivity index (χ1) is 16.8. The van der Waals surface area contributed by atoms with Crippen LogP contribution in [-0.2, 0) is 21.4 Å². The molecule has 35 heavy (non-hydrogen) atoms. The highest BCUT2D eigenvalue weighted by Gasteiger charge is 2.22. The Kier molecular flexibility index (Phi) is 7.11.